The summed E-state index contributed by atoms with van der Waals surface area (Å²) in [6.45, 7) is 0. The molecule has 1 aliphatic carbocycles. The van der Waals surface area contributed by atoms with Crippen LogP contribution in [0.3, 0.4) is 0 Å². The largest absolute Gasteiger partial charge is 0.493 e. The molecule has 0 spiro atoms. The Bertz CT molecular complexity index is 1170. The zero-order valence-corrected chi connectivity index (χ0v) is 18.1. The summed E-state index contributed by atoms with van der Waals surface area (Å²) in [6.07, 6.45) is 5.65. The van der Waals surface area contributed by atoms with Gasteiger partial charge in [-0.15, -0.1) is 0 Å². The second kappa shape index (κ2) is 8.04. The van der Waals surface area contributed by atoms with Crippen LogP contribution in [0.1, 0.15) is 22.3 Å². The van der Waals surface area contributed by atoms with Crippen molar-refractivity contribution in [3.63, 3.8) is 0 Å². The Morgan fingerprint density at radius 1 is 0.906 bits per heavy atom. The summed E-state index contributed by atoms with van der Waals surface area (Å²) in [4.78, 5) is 12.1. The summed E-state index contributed by atoms with van der Waals surface area (Å²) < 4.78 is 18.1. The lowest BCUT2D eigenvalue weighted by Crippen LogP contribution is -2.33. The Morgan fingerprint density at radius 3 is 2.12 bits per heavy atom. The second-order valence-corrected chi connectivity index (χ2v) is 7.96. The fraction of sp³-hybridized carbons (Fsp3) is 0.179. The predicted octanol–water partition coefficient (Wildman–Crippen LogP) is 5.32. The van der Waals surface area contributed by atoms with E-state index in [2.05, 4.69) is 36.4 Å². The Balaban J connectivity index is 1.73. The summed E-state index contributed by atoms with van der Waals surface area (Å²) >= 11 is 0. The Morgan fingerprint density at radius 2 is 1.56 bits per heavy atom. The average Bonchev–Trinajstić information content (AvgIpc) is 2.88. The molecule has 3 aromatic rings. The number of benzene rings is 3. The molecule has 4 heteroatoms. The van der Waals surface area contributed by atoms with E-state index in [1.165, 1.54) is 0 Å². The van der Waals surface area contributed by atoms with Crippen LogP contribution in [-0.4, -0.2) is 20.5 Å². The van der Waals surface area contributed by atoms with Crippen LogP contribution >= 0.6 is 0 Å². The van der Waals surface area contributed by atoms with Gasteiger partial charge in [0.25, 0.3) is 0 Å². The number of aldehydes is 1. The molecule has 0 saturated heterocycles. The highest BCUT2D eigenvalue weighted by Crippen LogP contribution is 2.50. The van der Waals surface area contributed by atoms with Gasteiger partial charge in [0, 0.05) is 33.7 Å². The smallest absolute Gasteiger partial charge is 0.178 e. The fourth-order valence-corrected chi connectivity index (χ4v) is 4.75. The lowest BCUT2D eigenvalue weighted by Gasteiger charge is -2.40. The molecule has 0 fully saturated rings. The number of carbonyl (C=O) groups excluding carboxylic acids is 1. The van der Waals surface area contributed by atoms with Gasteiger partial charge in [0.2, 0.25) is 0 Å². The van der Waals surface area contributed by atoms with Gasteiger partial charge in [0.1, 0.15) is 12.0 Å². The highest BCUT2D eigenvalue weighted by Gasteiger charge is 2.42. The van der Waals surface area contributed by atoms with Crippen LogP contribution in [0.2, 0.25) is 0 Å². The Hall–Kier alpha value is -3.79. The van der Waals surface area contributed by atoms with Gasteiger partial charge >= 0.3 is 0 Å². The van der Waals surface area contributed by atoms with Crippen molar-refractivity contribution in [2.45, 2.75) is 12.0 Å². The van der Waals surface area contributed by atoms with Gasteiger partial charge in [0.05, 0.1) is 14.2 Å². The molecule has 0 radical (unpaired) electrons. The maximum Gasteiger partial charge on any atom is 0.178 e. The Kier molecular flexibility index (Phi) is 5.06. The van der Waals surface area contributed by atoms with Gasteiger partial charge < -0.3 is 19.0 Å². The number of carbonyl (C=O) groups is 1. The van der Waals surface area contributed by atoms with E-state index in [-0.39, 0.29) is 5.92 Å². The van der Waals surface area contributed by atoms with E-state index in [1.807, 2.05) is 48.5 Å². The number of rotatable bonds is 5. The van der Waals surface area contributed by atoms with Gasteiger partial charge in [-0.1, -0.05) is 66.7 Å². The molecule has 1 atom stereocenters. The minimum Gasteiger partial charge on any atom is -0.493 e. The fourth-order valence-electron chi connectivity index (χ4n) is 4.75. The molecule has 2 aliphatic rings. The summed E-state index contributed by atoms with van der Waals surface area (Å²) in [6, 6.07) is 24.2. The van der Waals surface area contributed by atoms with Gasteiger partial charge in [-0.2, -0.15) is 0 Å². The zero-order chi connectivity index (χ0) is 22.1. The number of hydrogen-bond acceptors (Lipinski definition) is 4. The molecule has 0 N–H and O–H groups in total. The van der Waals surface area contributed by atoms with Crippen molar-refractivity contribution >= 4 is 12.0 Å². The van der Waals surface area contributed by atoms with Crippen molar-refractivity contribution < 1.29 is 19.0 Å². The van der Waals surface area contributed by atoms with Gasteiger partial charge in [-0.3, -0.25) is 0 Å². The van der Waals surface area contributed by atoms with Crippen molar-refractivity contribution in [1.29, 1.82) is 0 Å². The molecular weight excluding hydrogens is 400 g/mol. The van der Waals surface area contributed by atoms with Gasteiger partial charge in [-0.25, -0.2) is 0 Å². The van der Waals surface area contributed by atoms with Crippen LogP contribution < -0.4 is 9.47 Å². The lowest BCUT2D eigenvalue weighted by molar-refractivity contribution is -0.110. The van der Waals surface area contributed by atoms with E-state index in [0.29, 0.717) is 23.7 Å². The number of allylic oxidation sites excluding steroid dienone is 2. The van der Waals surface area contributed by atoms with Crippen LogP contribution in [0.15, 0.2) is 90.5 Å². The summed E-state index contributed by atoms with van der Waals surface area (Å²) in [5, 5.41) is 0. The maximum absolute atomic E-state index is 12.1. The van der Waals surface area contributed by atoms with Crippen LogP contribution in [0.4, 0.5) is 0 Å². The lowest BCUT2D eigenvalue weighted by atomic mass is 9.77. The molecule has 0 amide bonds. The summed E-state index contributed by atoms with van der Waals surface area (Å²) in [5.74, 6) is 1.68. The minimum absolute atomic E-state index is 0.320. The van der Waals surface area contributed by atoms with E-state index in [4.69, 9.17) is 14.2 Å². The first-order chi connectivity index (χ1) is 15.7. The summed E-state index contributed by atoms with van der Waals surface area (Å²) in [7, 11) is 3.24. The normalized spacial score (nSPS) is 18.2. The third-order valence-electron chi connectivity index (χ3n) is 6.31. The third-order valence-corrected chi connectivity index (χ3v) is 6.31. The molecule has 4 nitrogen and oxygen atoms in total. The molecule has 1 unspecified atom stereocenters. The molecule has 0 aromatic heterocycles. The molecule has 3 aromatic carbocycles. The molecule has 5 rings (SSSR count). The van der Waals surface area contributed by atoms with E-state index < -0.39 is 5.60 Å². The average molecular weight is 424 g/mol. The number of fused-ring (bicyclic) bond motifs is 2. The minimum atomic E-state index is -0.809. The maximum atomic E-state index is 12.1. The first-order valence-corrected chi connectivity index (χ1v) is 10.6. The van der Waals surface area contributed by atoms with E-state index >= 15 is 0 Å². The number of ether oxygens (including phenoxy) is 3. The monoisotopic (exact) mass is 424 g/mol. The van der Waals surface area contributed by atoms with Crippen molar-refractivity contribution in [3.05, 3.63) is 113 Å². The first-order valence-electron chi connectivity index (χ1n) is 10.6. The van der Waals surface area contributed by atoms with Crippen LogP contribution in [-0.2, 0) is 21.6 Å². The van der Waals surface area contributed by atoms with Crippen LogP contribution in [0.5, 0.6) is 11.5 Å². The third kappa shape index (κ3) is 3.02. The molecule has 32 heavy (non-hydrogen) atoms. The summed E-state index contributed by atoms with van der Waals surface area (Å²) in [5.41, 5.74) is 3.97. The van der Waals surface area contributed by atoms with Crippen molar-refractivity contribution in [2.24, 2.45) is 5.92 Å². The molecule has 0 bridgehead atoms. The topological polar surface area (TPSA) is 44.8 Å². The van der Waals surface area contributed by atoms with Crippen LogP contribution in [0, 0.1) is 5.92 Å². The first kappa shape index (κ1) is 20.1. The molecular formula is C28H24O4. The van der Waals surface area contributed by atoms with Crippen molar-refractivity contribution in [3.8, 4) is 11.5 Å². The number of hydrogen-bond donors (Lipinski definition) is 0. The molecule has 1 heterocycles. The molecule has 0 saturated carbocycles. The highest BCUT2D eigenvalue weighted by molar-refractivity contribution is 5.81. The van der Waals surface area contributed by atoms with Crippen molar-refractivity contribution in [2.75, 3.05) is 14.2 Å². The molecule has 160 valence electrons. The van der Waals surface area contributed by atoms with Gasteiger partial charge in [0.15, 0.2) is 17.1 Å². The zero-order valence-electron chi connectivity index (χ0n) is 18.1. The van der Waals surface area contributed by atoms with E-state index in [9.17, 15) is 4.79 Å². The Labute approximate surface area is 187 Å². The predicted molar refractivity (Wildman–Crippen MR) is 124 cm³/mol. The van der Waals surface area contributed by atoms with Gasteiger partial charge in [-0.05, 0) is 24.6 Å². The van der Waals surface area contributed by atoms with E-state index in [0.717, 1.165) is 34.1 Å². The van der Waals surface area contributed by atoms with E-state index in [1.54, 1.807) is 14.2 Å². The number of methoxy groups -OCH3 is 2. The SMILES string of the molecule is COc1ccc2c(c1OC)CC(C=O)C1=C2OC(c2ccccc2)(c2ccccc2)C=C1. The second-order valence-electron chi connectivity index (χ2n) is 7.96. The molecule has 1 aliphatic heterocycles. The quantitative estimate of drug-likeness (QED) is 0.520. The highest BCUT2D eigenvalue weighted by atomic mass is 16.5. The standard InChI is InChI=1S/C28H24O4/c1-30-25-14-13-23-24(27(25)31-2)17-19(18-29)22-15-16-28(32-26(22)23,20-9-5-3-6-10-20)21-11-7-4-8-12-21/h3-16,18-19H,17H2,1-2H3. The van der Waals surface area contributed by atoms with Crippen LogP contribution in [0.25, 0.3) is 5.76 Å². The van der Waals surface area contributed by atoms with Crippen molar-refractivity contribution in [1.82, 2.24) is 0 Å².